The third-order valence-corrected chi connectivity index (χ3v) is 7.59. The van der Waals surface area contributed by atoms with Crippen LogP contribution in [0, 0.1) is 19.8 Å². The van der Waals surface area contributed by atoms with Crippen LogP contribution in [0.25, 0.3) is 20.8 Å². The molecular weight excluding hydrogens is 466 g/mol. The van der Waals surface area contributed by atoms with Crippen LogP contribution in [-0.4, -0.2) is 91.2 Å². The normalized spacial score (nSPS) is 22.8. The quantitative estimate of drug-likeness (QED) is 0.311. The Labute approximate surface area is 209 Å². The van der Waals surface area contributed by atoms with E-state index in [-0.39, 0.29) is 0 Å². The van der Waals surface area contributed by atoms with Gasteiger partial charge >= 0.3 is 0 Å². The topological polar surface area (TPSA) is 140 Å². The van der Waals surface area contributed by atoms with Gasteiger partial charge in [-0.05, 0) is 54.3 Å². The van der Waals surface area contributed by atoms with Crippen LogP contribution in [0.1, 0.15) is 31.7 Å². The molecule has 0 spiro atoms. The van der Waals surface area contributed by atoms with Crippen molar-refractivity contribution < 1.29 is 15.3 Å². The molecule has 1 aliphatic rings. The summed E-state index contributed by atoms with van der Waals surface area (Å²) in [5.41, 5.74) is 2.05. The van der Waals surface area contributed by atoms with E-state index in [0.29, 0.717) is 24.7 Å². The molecule has 4 atom stereocenters. The van der Waals surface area contributed by atoms with Gasteiger partial charge in [-0.1, -0.05) is 0 Å². The van der Waals surface area contributed by atoms with Crippen LogP contribution in [0.3, 0.4) is 0 Å². The molecule has 35 heavy (non-hydrogen) atoms. The molecule has 0 amide bonds. The number of nitrogens with zero attached hydrogens (tertiary/aromatic N) is 5. The summed E-state index contributed by atoms with van der Waals surface area (Å²) in [7, 11) is 4.00. The minimum absolute atomic E-state index is 0.389. The third-order valence-electron chi connectivity index (χ3n) is 6.55. The molecule has 3 aromatic rings. The lowest BCUT2D eigenvalue weighted by atomic mass is 9.88. The van der Waals surface area contributed by atoms with Crippen molar-refractivity contribution in [2.45, 2.75) is 58.0 Å². The number of aliphatic hydroxyl groups excluding tert-OH is 2. The summed E-state index contributed by atoms with van der Waals surface area (Å²) < 4.78 is 1.02. The van der Waals surface area contributed by atoms with Crippen molar-refractivity contribution in [1.82, 2.24) is 24.8 Å². The molecule has 0 bridgehead atoms. The molecule has 10 nitrogen and oxygen atoms in total. The van der Waals surface area contributed by atoms with E-state index in [4.69, 9.17) is 9.97 Å². The second kappa shape index (κ2) is 9.90. The average Bonchev–Trinajstić information content (AvgIpc) is 3.30. The van der Waals surface area contributed by atoms with E-state index in [1.54, 1.807) is 20.0 Å². The SMILES string of the molecule is Cc1nc(NCCN(C)C)nc(N[C@@H]2C[C@H](C(C)(C)O)[C@@H](O)[C@H]2O)c1-c1nc2c(C)nccc2s1. The standard InChI is InChI=1S/C24H35N7O3S/c1-12-17(22-29-18-13(2)25-8-7-16(18)35-22)21(30-23(27-12)26-9-10-31(5)6)28-15-11-14(24(3,4)34)19(32)20(15)33/h7-8,14-15,19-20,32-34H,9-11H2,1-6H3,(H2,26,27,28,30)/t14-,15+,19+,20-/m0/s1. The third kappa shape index (κ3) is 5.39. The summed E-state index contributed by atoms with van der Waals surface area (Å²) in [4.78, 5) is 20.7. The van der Waals surface area contributed by atoms with Crippen LogP contribution in [0.5, 0.6) is 0 Å². The van der Waals surface area contributed by atoms with Gasteiger partial charge in [0.2, 0.25) is 5.95 Å². The van der Waals surface area contributed by atoms with Gasteiger partial charge in [-0.3, -0.25) is 4.98 Å². The van der Waals surface area contributed by atoms with Gasteiger partial charge in [0.05, 0.1) is 39.4 Å². The Morgan fingerprint density at radius 2 is 1.86 bits per heavy atom. The van der Waals surface area contributed by atoms with E-state index in [2.05, 4.69) is 25.5 Å². The van der Waals surface area contributed by atoms with Crippen molar-refractivity contribution in [2.75, 3.05) is 37.8 Å². The van der Waals surface area contributed by atoms with Crippen molar-refractivity contribution in [1.29, 1.82) is 0 Å². The van der Waals surface area contributed by atoms with Crippen molar-refractivity contribution in [3.05, 3.63) is 23.7 Å². The Hall–Kier alpha value is -2.44. The lowest BCUT2D eigenvalue weighted by molar-refractivity contribution is -0.0601. The Morgan fingerprint density at radius 1 is 1.11 bits per heavy atom. The summed E-state index contributed by atoms with van der Waals surface area (Å²) in [6.07, 6.45) is 0.0577. The van der Waals surface area contributed by atoms with E-state index < -0.39 is 29.8 Å². The fourth-order valence-electron chi connectivity index (χ4n) is 4.55. The van der Waals surface area contributed by atoms with E-state index in [9.17, 15) is 15.3 Å². The number of hydrogen-bond donors (Lipinski definition) is 5. The monoisotopic (exact) mass is 501 g/mol. The number of aliphatic hydroxyl groups is 3. The minimum atomic E-state index is -1.13. The Bertz CT molecular complexity index is 1190. The van der Waals surface area contributed by atoms with Crippen molar-refractivity contribution >= 4 is 33.3 Å². The number of aryl methyl sites for hydroxylation is 2. The number of aromatic nitrogens is 4. The molecule has 0 radical (unpaired) electrons. The lowest BCUT2D eigenvalue weighted by Crippen LogP contribution is -2.40. The van der Waals surface area contributed by atoms with Gasteiger partial charge in [0.25, 0.3) is 0 Å². The maximum Gasteiger partial charge on any atom is 0.224 e. The summed E-state index contributed by atoms with van der Waals surface area (Å²) >= 11 is 1.53. The molecule has 0 saturated heterocycles. The zero-order chi connectivity index (χ0) is 25.5. The van der Waals surface area contributed by atoms with E-state index in [0.717, 1.165) is 38.7 Å². The Morgan fingerprint density at radius 3 is 2.49 bits per heavy atom. The highest BCUT2D eigenvalue weighted by atomic mass is 32.1. The van der Waals surface area contributed by atoms with E-state index in [1.807, 2.05) is 34.0 Å². The number of pyridine rings is 1. The van der Waals surface area contributed by atoms with Gasteiger partial charge in [-0.2, -0.15) is 4.98 Å². The first-order valence-corrected chi connectivity index (χ1v) is 12.6. The average molecular weight is 502 g/mol. The molecule has 1 saturated carbocycles. The summed E-state index contributed by atoms with van der Waals surface area (Å²) in [6.45, 7) is 8.64. The largest absolute Gasteiger partial charge is 0.390 e. The zero-order valence-electron chi connectivity index (χ0n) is 21.1. The molecule has 190 valence electrons. The number of thiazole rings is 1. The molecule has 0 aromatic carbocycles. The number of hydrogen-bond acceptors (Lipinski definition) is 11. The van der Waals surface area contributed by atoms with E-state index >= 15 is 0 Å². The highest BCUT2D eigenvalue weighted by Gasteiger charge is 2.48. The first-order valence-electron chi connectivity index (χ1n) is 11.8. The predicted molar refractivity (Wildman–Crippen MR) is 139 cm³/mol. The molecule has 0 aliphatic heterocycles. The number of nitrogens with one attached hydrogen (secondary N) is 2. The number of likely N-dealkylation sites (N-methyl/N-ethyl adjacent to an activating group) is 1. The highest BCUT2D eigenvalue weighted by molar-refractivity contribution is 7.21. The molecule has 3 heterocycles. The minimum Gasteiger partial charge on any atom is -0.390 e. The van der Waals surface area contributed by atoms with Gasteiger partial charge < -0.3 is 30.9 Å². The molecule has 1 aliphatic carbocycles. The van der Waals surface area contributed by atoms with Crippen LogP contribution < -0.4 is 10.6 Å². The van der Waals surface area contributed by atoms with Gasteiger partial charge in [0, 0.05) is 25.2 Å². The van der Waals surface area contributed by atoms with Crippen LogP contribution >= 0.6 is 11.3 Å². The summed E-state index contributed by atoms with van der Waals surface area (Å²) in [5.74, 6) is 0.527. The fraction of sp³-hybridized carbons (Fsp3) is 0.583. The van der Waals surface area contributed by atoms with Gasteiger partial charge in [-0.15, -0.1) is 11.3 Å². The molecule has 11 heteroatoms. The molecule has 5 N–H and O–H groups in total. The van der Waals surface area contributed by atoms with Crippen LogP contribution in [0.2, 0.25) is 0 Å². The second-order valence-corrected chi connectivity index (χ2v) is 11.1. The zero-order valence-corrected chi connectivity index (χ0v) is 21.9. The van der Waals surface area contributed by atoms with Crippen molar-refractivity contribution in [3.63, 3.8) is 0 Å². The Kier molecular flexibility index (Phi) is 7.26. The number of fused-ring (bicyclic) bond motifs is 1. The summed E-state index contributed by atoms with van der Waals surface area (Å²) in [6, 6.07) is 1.44. The van der Waals surface area contributed by atoms with E-state index in [1.165, 1.54) is 11.3 Å². The van der Waals surface area contributed by atoms with Gasteiger partial charge in [0.15, 0.2) is 0 Å². The molecule has 3 aromatic heterocycles. The van der Waals surface area contributed by atoms with Crippen LogP contribution in [-0.2, 0) is 0 Å². The predicted octanol–water partition coefficient (Wildman–Crippen LogP) is 2.03. The van der Waals surface area contributed by atoms with Crippen LogP contribution in [0.15, 0.2) is 12.3 Å². The van der Waals surface area contributed by atoms with Crippen molar-refractivity contribution in [3.8, 4) is 10.6 Å². The summed E-state index contributed by atoms with van der Waals surface area (Å²) in [5, 5.41) is 39.3. The molecule has 0 unspecified atom stereocenters. The maximum absolute atomic E-state index is 10.8. The fourth-order valence-corrected chi connectivity index (χ4v) is 5.66. The molecular formula is C24H35N7O3S. The van der Waals surface area contributed by atoms with Crippen molar-refractivity contribution in [2.24, 2.45) is 5.92 Å². The number of rotatable bonds is 8. The van der Waals surface area contributed by atoms with Gasteiger partial charge in [-0.25, -0.2) is 9.97 Å². The number of anilines is 2. The smallest absolute Gasteiger partial charge is 0.224 e. The van der Waals surface area contributed by atoms with Gasteiger partial charge in [0.1, 0.15) is 22.4 Å². The lowest BCUT2D eigenvalue weighted by Gasteiger charge is -2.28. The first kappa shape index (κ1) is 25.6. The Balaban J connectivity index is 1.73. The highest BCUT2D eigenvalue weighted by Crippen LogP contribution is 2.40. The maximum atomic E-state index is 10.8. The second-order valence-electron chi connectivity index (χ2n) is 10.1. The first-order chi connectivity index (χ1) is 16.5. The van der Waals surface area contributed by atoms with Crippen LogP contribution in [0.4, 0.5) is 11.8 Å². The molecule has 4 rings (SSSR count). The molecule has 1 fully saturated rings.